The van der Waals surface area contributed by atoms with E-state index >= 15 is 0 Å². The Morgan fingerprint density at radius 2 is 2.29 bits per heavy atom. The van der Waals surface area contributed by atoms with Crippen molar-refractivity contribution in [1.29, 1.82) is 0 Å². The van der Waals surface area contributed by atoms with Crippen molar-refractivity contribution in [2.75, 3.05) is 0 Å². The summed E-state index contributed by atoms with van der Waals surface area (Å²) in [6.07, 6.45) is 1.54. The van der Waals surface area contributed by atoms with Gasteiger partial charge in [0.1, 0.15) is 0 Å². The lowest BCUT2D eigenvalue weighted by Crippen LogP contribution is -2.22. The number of nitrogens with zero attached hydrogens (tertiary/aromatic N) is 1. The van der Waals surface area contributed by atoms with Crippen molar-refractivity contribution in [3.8, 4) is 0 Å². The number of carbonyl (C=O) groups excluding carboxylic acids is 1. The minimum absolute atomic E-state index is 0.159. The van der Waals surface area contributed by atoms with E-state index in [4.69, 9.17) is 16.1 Å². The maximum atomic E-state index is 11.8. The van der Waals surface area contributed by atoms with Crippen LogP contribution in [0.4, 0.5) is 0 Å². The van der Waals surface area contributed by atoms with Gasteiger partial charge in [-0.05, 0) is 17.7 Å². The van der Waals surface area contributed by atoms with Gasteiger partial charge in [-0.1, -0.05) is 17.3 Å². The van der Waals surface area contributed by atoms with Crippen LogP contribution >= 0.6 is 11.6 Å². The zero-order valence-electron chi connectivity index (χ0n) is 9.02. The molecular formula is C12H11ClN2O2. The Balaban J connectivity index is 1.99. The van der Waals surface area contributed by atoms with E-state index in [1.807, 2.05) is 6.07 Å². The summed E-state index contributed by atoms with van der Waals surface area (Å²) in [5, 5.41) is 6.29. The van der Waals surface area contributed by atoms with Crippen LogP contribution in [0.15, 0.2) is 41.1 Å². The molecule has 1 amide bonds. The fourth-order valence-electron chi connectivity index (χ4n) is 1.40. The third kappa shape index (κ3) is 3.07. The Hall–Kier alpha value is -1.81. The van der Waals surface area contributed by atoms with Gasteiger partial charge in [-0.25, -0.2) is 0 Å². The molecule has 1 N–H and O–H groups in total. The summed E-state index contributed by atoms with van der Waals surface area (Å²) in [6.45, 7) is 0.323. The normalized spacial score (nSPS) is 10.2. The summed E-state index contributed by atoms with van der Waals surface area (Å²) >= 11 is 5.71. The van der Waals surface area contributed by atoms with Gasteiger partial charge in [0.15, 0.2) is 5.76 Å². The van der Waals surface area contributed by atoms with Gasteiger partial charge in [-0.3, -0.25) is 4.79 Å². The Morgan fingerprint density at radius 1 is 1.41 bits per heavy atom. The van der Waals surface area contributed by atoms with E-state index in [9.17, 15) is 4.79 Å². The third-order valence-electron chi connectivity index (χ3n) is 2.26. The smallest absolute Gasteiger partial charge is 0.251 e. The number of hydrogen-bond acceptors (Lipinski definition) is 3. The van der Waals surface area contributed by atoms with Crippen LogP contribution in [0.25, 0.3) is 0 Å². The Labute approximate surface area is 104 Å². The van der Waals surface area contributed by atoms with E-state index < -0.39 is 0 Å². The van der Waals surface area contributed by atoms with Crippen molar-refractivity contribution in [3.63, 3.8) is 0 Å². The van der Waals surface area contributed by atoms with Gasteiger partial charge in [0.05, 0.1) is 12.7 Å². The molecule has 88 valence electrons. The number of halogens is 1. The minimum atomic E-state index is -0.159. The first-order valence-electron chi connectivity index (χ1n) is 5.12. The number of nitrogens with one attached hydrogen (secondary N) is 1. The summed E-state index contributed by atoms with van der Waals surface area (Å²) in [7, 11) is 0. The molecule has 0 bridgehead atoms. The maximum Gasteiger partial charge on any atom is 0.251 e. The average Bonchev–Trinajstić information content (AvgIpc) is 2.89. The Morgan fingerprint density at radius 3 is 3.00 bits per heavy atom. The molecule has 17 heavy (non-hydrogen) atoms. The number of rotatable bonds is 4. The second kappa shape index (κ2) is 5.50. The predicted molar refractivity (Wildman–Crippen MR) is 63.7 cm³/mol. The number of hydrogen-bond donors (Lipinski definition) is 1. The van der Waals surface area contributed by atoms with Crippen molar-refractivity contribution >= 4 is 17.5 Å². The number of benzene rings is 1. The van der Waals surface area contributed by atoms with Gasteiger partial charge in [0, 0.05) is 17.5 Å². The molecule has 4 nitrogen and oxygen atoms in total. The van der Waals surface area contributed by atoms with E-state index in [0.29, 0.717) is 23.7 Å². The zero-order valence-corrected chi connectivity index (χ0v) is 9.78. The number of alkyl halides is 1. The molecule has 0 radical (unpaired) electrons. The van der Waals surface area contributed by atoms with Crippen LogP contribution < -0.4 is 5.32 Å². The molecule has 0 atom stereocenters. The van der Waals surface area contributed by atoms with Crippen molar-refractivity contribution < 1.29 is 9.32 Å². The highest BCUT2D eigenvalue weighted by Gasteiger charge is 2.06. The molecular weight excluding hydrogens is 240 g/mol. The number of amides is 1. The van der Waals surface area contributed by atoms with Crippen LogP contribution in [0.2, 0.25) is 0 Å². The highest BCUT2D eigenvalue weighted by atomic mass is 35.5. The molecule has 0 unspecified atom stereocenters. The van der Waals surface area contributed by atoms with Crippen LogP contribution in [0, 0.1) is 0 Å². The summed E-state index contributed by atoms with van der Waals surface area (Å²) < 4.78 is 4.88. The molecule has 0 aliphatic carbocycles. The van der Waals surface area contributed by atoms with Crippen molar-refractivity contribution in [2.24, 2.45) is 0 Å². The highest BCUT2D eigenvalue weighted by Crippen LogP contribution is 2.08. The second-order valence-corrected chi connectivity index (χ2v) is 3.76. The summed E-state index contributed by atoms with van der Waals surface area (Å²) in [5.41, 5.74) is 1.50. The molecule has 1 heterocycles. The first-order valence-corrected chi connectivity index (χ1v) is 5.65. The van der Waals surface area contributed by atoms with Crippen molar-refractivity contribution in [3.05, 3.63) is 53.4 Å². The predicted octanol–water partition coefficient (Wildman–Crippen LogP) is 2.34. The van der Waals surface area contributed by atoms with E-state index in [1.165, 1.54) is 6.20 Å². The van der Waals surface area contributed by atoms with Gasteiger partial charge in [0.2, 0.25) is 0 Å². The molecule has 2 rings (SSSR count). The SMILES string of the molecule is O=C(NCc1ccno1)c1cccc(CCl)c1. The van der Waals surface area contributed by atoms with Crippen LogP contribution in [-0.2, 0) is 12.4 Å². The summed E-state index contributed by atoms with van der Waals surface area (Å²) in [5.74, 6) is 0.851. The lowest BCUT2D eigenvalue weighted by atomic mass is 10.1. The van der Waals surface area contributed by atoms with Gasteiger partial charge >= 0.3 is 0 Å². The van der Waals surface area contributed by atoms with Gasteiger partial charge in [-0.2, -0.15) is 0 Å². The fourth-order valence-corrected chi connectivity index (χ4v) is 1.56. The first-order chi connectivity index (χ1) is 8.29. The monoisotopic (exact) mass is 250 g/mol. The average molecular weight is 251 g/mol. The van der Waals surface area contributed by atoms with Crippen LogP contribution in [0.1, 0.15) is 21.7 Å². The summed E-state index contributed by atoms with van der Waals surface area (Å²) in [6, 6.07) is 8.89. The Bertz CT molecular complexity index is 497. The second-order valence-electron chi connectivity index (χ2n) is 3.50. The van der Waals surface area contributed by atoms with Crippen LogP contribution in [0.5, 0.6) is 0 Å². The van der Waals surface area contributed by atoms with E-state index in [0.717, 1.165) is 5.56 Å². The molecule has 0 spiro atoms. The van der Waals surface area contributed by atoms with E-state index in [2.05, 4.69) is 10.5 Å². The number of carbonyl (C=O) groups is 1. The molecule has 1 aromatic heterocycles. The van der Waals surface area contributed by atoms with Crippen LogP contribution in [-0.4, -0.2) is 11.1 Å². The maximum absolute atomic E-state index is 11.8. The lowest BCUT2D eigenvalue weighted by Gasteiger charge is -2.04. The molecule has 0 saturated carbocycles. The topological polar surface area (TPSA) is 55.1 Å². The molecule has 0 aliphatic rings. The van der Waals surface area contributed by atoms with Gasteiger partial charge < -0.3 is 9.84 Å². The minimum Gasteiger partial charge on any atom is -0.360 e. The van der Waals surface area contributed by atoms with Crippen molar-refractivity contribution in [1.82, 2.24) is 10.5 Å². The molecule has 1 aromatic carbocycles. The highest BCUT2D eigenvalue weighted by molar-refractivity contribution is 6.17. The quantitative estimate of drug-likeness (QED) is 0.848. The van der Waals surface area contributed by atoms with Gasteiger partial charge in [0.25, 0.3) is 5.91 Å². The number of aromatic nitrogens is 1. The summed E-state index contributed by atoms with van der Waals surface area (Å²) in [4.78, 5) is 11.8. The van der Waals surface area contributed by atoms with E-state index in [-0.39, 0.29) is 5.91 Å². The first kappa shape index (κ1) is 11.7. The van der Waals surface area contributed by atoms with Crippen LogP contribution in [0.3, 0.4) is 0 Å². The molecule has 0 saturated heterocycles. The molecule has 0 aliphatic heterocycles. The van der Waals surface area contributed by atoms with Crippen molar-refractivity contribution in [2.45, 2.75) is 12.4 Å². The van der Waals surface area contributed by atoms with Gasteiger partial charge in [-0.15, -0.1) is 11.6 Å². The largest absolute Gasteiger partial charge is 0.360 e. The standard InChI is InChI=1S/C12H11ClN2O2/c13-7-9-2-1-3-10(6-9)12(16)14-8-11-4-5-15-17-11/h1-6H,7-8H2,(H,14,16). The Kier molecular flexibility index (Phi) is 3.77. The lowest BCUT2D eigenvalue weighted by molar-refractivity contribution is 0.0947. The fraction of sp³-hybridized carbons (Fsp3) is 0.167. The third-order valence-corrected chi connectivity index (χ3v) is 2.57. The van der Waals surface area contributed by atoms with E-state index in [1.54, 1.807) is 24.3 Å². The molecule has 5 heteroatoms. The molecule has 2 aromatic rings. The zero-order chi connectivity index (χ0) is 12.1. The molecule has 0 fully saturated rings.